The Morgan fingerprint density at radius 1 is 1.11 bits per heavy atom. The van der Waals surface area contributed by atoms with Crippen molar-refractivity contribution in [2.24, 2.45) is 0 Å². The largest absolute Gasteiger partial charge is 0.312 e. The van der Waals surface area contributed by atoms with Crippen LogP contribution in [0, 0.1) is 0 Å². The van der Waals surface area contributed by atoms with Gasteiger partial charge in [0.05, 0.1) is 11.4 Å². The van der Waals surface area contributed by atoms with Gasteiger partial charge in [-0.3, -0.25) is 0 Å². The van der Waals surface area contributed by atoms with Crippen molar-refractivity contribution in [1.29, 1.82) is 0 Å². The molecule has 0 radical (unpaired) electrons. The zero-order valence-corrected chi connectivity index (χ0v) is 11.5. The number of hydrogen-bond acceptors (Lipinski definition) is 3. The first-order chi connectivity index (χ1) is 9.25. The maximum absolute atomic E-state index is 4.80. The van der Waals surface area contributed by atoms with Gasteiger partial charge in [-0.25, -0.2) is 9.97 Å². The van der Waals surface area contributed by atoms with Gasteiger partial charge in [-0.15, -0.1) is 0 Å². The molecule has 98 valence electrons. The minimum atomic E-state index is 0.430. The highest BCUT2D eigenvalue weighted by atomic mass is 15.0. The molecule has 1 aromatic heterocycles. The number of benzene rings is 1. The smallest absolute Gasteiger partial charge is 0.159 e. The highest BCUT2D eigenvalue weighted by molar-refractivity contribution is 5.56. The standard InChI is InChI=1S/C16H19N3/c1-11(2)15-13-10-17-9-8-14(13)18-16(19-15)12-6-4-3-5-7-12/h3-7,11,17H,8-10H2,1-2H3. The van der Waals surface area contributed by atoms with Crippen LogP contribution < -0.4 is 5.32 Å². The molecule has 1 N–H and O–H groups in total. The first-order valence-corrected chi connectivity index (χ1v) is 6.91. The van der Waals surface area contributed by atoms with Crippen molar-refractivity contribution in [3.05, 3.63) is 47.3 Å². The Kier molecular flexibility index (Phi) is 3.30. The summed E-state index contributed by atoms with van der Waals surface area (Å²) >= 11 is 0. The van der Waals surface area contributed by atoms with Crippen LogP contribution in [0.15, 0.2) is 30.3 Å². The van der Waals surface area contributed by atoms with Gasteiger partial charge in [0, 0.05) is 30.6 Å². The first-order valence-electron chi connectivity index (χ1n) is 6.91. The zero-order chi connectivity index (χ0) is 13.2. The molecule has 0 saturated heterocycles. The summed E-state index contributed by atoms with van der Waals surface area (Å²) < 4.78 is 0. The summed E-state index contributed by atoms with van der Waals surface area (Å²) in [5.41, 5.74) is 4.82. The lowest BCUT2D eigenvalue weighted by Crippen LogP contribution is -2.27. The molecule has 0 unspecified atom stereocenters. The lowest BCUT2D eigenvalue weighted by Gasteiger charge is -2.21. The van der Waals surface area contributed by atoms with Crippen LogP contribution in [0.3, 0.4) is 0 Å². The van der Waals surface area contributed by atoms with E-state index in [1.54, 1.807) is 0 Å². The molecule has 0 bridgehead atoms. The fourth-order valence-corrected chi connectivity index (χ4v) is 2.56. The van der Waals surface area contributed by atoms with Crippen molar-refractivity contribution in [1.82, 2.24) is 15.3 Å². The van der Waals surface area contributed by atoms with Gasteiger partial charge in [0.1, 0.15) is 0 Å². The SMILES string of the molecule is CC(C)c1nc(-c2ccccc2)nc2c1CNCC2. The molecule has 1 aromatic carbocycles. The third kappa shape index (κ3) is 2.38. The number of rotatable bonds is 2. The number of hydrogen-bond donors (Lipinski definition) is 1. The van der Waals surface area contributed by atoms with E-state index >= 15 is 0 Å². The van der Waals surface area contributed by atoms with Crippen molar-refractivity contribution in [2.75, 3.05) is 6.54 Å². The monoisotopic (exact) mass is 253 g/mol. The quantitative estimate of drug-likeness (QED) is 0.894. The highest BCUT2D eigenvalue weighted by Crippen LogP contribution is 2.25. The van der Waals surface area contributed by atoms with E-state index in [1.807, 2.05) is 18.2 Å². The summed E-state index contributed by atoms with van der Waals surface area (Å²) in [5.74, 6) is 1.30. The third-order valence-corrected chi connectivity index (χ3v) is 3.54. The molecule has 3 nitrogen and oxygen atoms in total. The van der Waals surface area contributed by atoms with E-state index in [4.69, 9.17) is 9.97 Å². The van der Waals surface area contributed by atoms with Crippen molar-refractivity contribution in [3.8, 4) is 11.4 Å². The molecular formula is C16H19N3. The maximum atomic E-state index is 4.80. The Bertz CT molecular complexity index is 576. The summed E-state index contributed by atoms with van der Waals surface area (Å²) in [6.07, 6.45) is 0.997. The van der Waals surface area contributed by atoms with Crippen LogP contribution in [0.2, 0.25) is 0 Å². The lowest BCUT2D eigenvalue weighted by atomic mass is 9.98. The lowest BCUT2D eigenvalue weighted by molar-refractivity contribution is 0.609. The Hall–Kier alpha value is -1.74. The van der Waals surface area contributed by atoms with E-state index in [1.165, 1.54) is 17.0 Å². The molecule has 19 heavy (non-hydrogen) atoms. The zero-order valence-electron chi connectivity index (χ0n) is 11.5. The normalized spacial score (nSPS) is 14.5. The van der Waals surface area contributed by atoms with Crippen LogP contribution in [-0.4, -0.2) is 16.5 Å². The van der Waals surface area contributed by atoms with Crippen molar-refractivity contribution >= 4 is 0 Å². The van der Waals surface area contributed by atoms with E-state index < -0.39 is 0 Å². The molecule has 3 rings (SSSR count). The molecule has 1 aliphatic rings. The minimum Gasteiger partial charge on any atom is -0.312 e. The second-order valence-electron chi connectivity index (χ2n) is 5.31. The maximum Gasteiger partial charge on any atom is 0.159 e. The molecule has 3 heteroatoms. The second kappa shape index (κ2) is 5.10. The predicted molar refractivity (Wildman–Crippen MR) is 77.0 cm³/mol. The first kappa shape index (κ1) is 12.3. The molecule has 0 saturated carbocycles. The topological polar surface area (TPSA) is 37.8 Å². The average molecular weight is 253 g/mol. The Labute approximate surface area is 114 Å². The Morgan fingerprint density at radius 3 is 2.63 bits per heavy atom. The fraction of sp³-hybridized carbons (Fsp3) is 0.375. The second-order valence-corrected chi connectivity index (χ2v) is 5.31. The molecule has 1 aliphatic heterocycles. The van der Waals surface area contributed by atoms with Crippen molar-refractivity contribution < 1.29 is 0 Å². The van der Waals surface area contributed by atoms with E-state index in [0.29, 0.717) is 5.92 Å². The summed E-state index contributed by atoms with van der Waals surface area (Å²) in [7, 11) is 0. The van der Waals surface area contributed by atoms with Gasteiger partial charge >= 0.3 is 0 Å². The number of nitrogens with one attached hydrogen (secondary N) is 1. The van der Waals surface area contributed by atoms with Crippen molar-refractivity contribution in [2.45, 2.75) is 32.7 Å². The average Bonchev–Trinajstić information content (AvgIpc) is 2.47. The fourth-order valence-electron chi connectivity index (χ4n) is 2.56. The van der Waals surface area contributed by atoms with Crippen molar-refractivity contribution in [3.63, 3.8) is 0 Å². The van der Waals surface area contributed by atoms with Crippen LogP contribution in [0.5, 0.6) is 0 Å². The Morgan fingerprint density at radius 2 is 1.89 bits per heavy atom. The molecule has 2 heterocycles. The molecule has 0 fully saturated rings. The summed E-state index contributed by atoms with van der Waals surface area (Å²) in [5, 5.41) is 3.42. The third-order valence-electron chi connectivity index (χ3n) is 3.54. The van der Waals surface area contributed by atoms with Gasteiger partial charge < -0.3 is 5.32 Å². The number of aromatic nitrogens is 2. The molecule has 0 aliphatic carbocycles. The van der Waals surface area contributed by atoms with Gasteiger partial charge in [-0.1, -0.05) is 44.2 Å². The van der Waals surface area contributed by atoms with Crippen LogP contribution >= 0.6 is 0 Å². The van der Waals surface area contributed by atoms with Gasteiger partial charge in [0.15, 0.2) is 5.82 Å². The van der Waals surface area contributed by atoms with Gasteiger partial charge in [-0.2, -0.15) is 0 Å². The van der Waals surface area contributed by atoms with Gasteiger partial charge in [0.25, 0.3) is 0 Å². The van der Waals surface area contributed by atoms with E-state index in [-0.39, 0.29) is 0 Å². The van der Waals surface area contributed by atoms with Crippen LogP contribution in [0.25, 0.3) is 11.4 Å². The molecular weight excluding hydrogens is 234 g/mol. The number of fused-ring (bicyclic) bond motifs is 1. The summed E-state index contributed by atoms with van der Waals surface area (Å²) in [4.78, 5) is 9.58. The van der Waals surface area contributed by atoms with Gasteiger partial charge in [-0.05, 0) is 5.92 Å². The van der Waals surface area contributed by atoms with Crippen LogP contribution in [0.1, 0.15) is 36.7 Å². The van der Waals surface area contributed by atoms with Gasteiger partial charge in [0.2, 0.25) is 0 Å². The molecule has 0 atom stereocenters. The summed E-state index contributed by atoms with van der Waals surface area (Å²) in [6, 6.07) is 10.2. The highest BCUT2D eigenvalue weighted by Gasteiger charge is 2.19. The molecule has 2 aromatic rings. The number of nitrogens with zero attached hydrogens (tertiary/aromatic N) is 2. The predicted octanol–water partition coefficient (Wildman–Crippen LogP) is 2.91. The molecule has 0 spiro atoms. The van der Waals surface area contributed by atoms with E-state index in [9.17, 15) is 0 Å². The van der Waals surface area contributed by atoms with E-state index in [2.05, 4.69) is 31.3 Å². The molecule has 0 amide bonds. The minimum absolute atomic E-state index is 0.430. The van der Waals surface area contributed by atoms with Crippen LogP contribution in [-0.2, 0) is 13.0 Å². The Balaban J connectivity index is 2.14. The van der Waals surface area contributed by atoms with Crippen LogP contribution in [0.4, 0.5) is 0 Å². The summed E-state index contributed by atoms with van der Waals surface area (Å²) in [6.45, 7) is 6.31. The van der Waals surface area contributed by atoms with E-state index in [0.717, 1.165) is 30.9 Å².